The van der Waals surface area contributed by atoms with Crippen molar-refractivity contribution in [2.24, 2.45) is 7.05 Å². The van der Waals surface area contributed by atoms with E-state index in [1.54, 1.807) is 31.4 Å². The lowest BCUT2D eigenvalue weighted by molar-refractivity contribution is 0.601. The maximum absolute atomic E-state index is 11.9. The van der Waals surface area contributed by atoms with Crippen LogP contribution in [0.3, 0.4) is 0 Å². The Morgan fingerprint density at radius 3 is 2.71 bits per heavy atom. The molecule has 0 aliphatic carbocycles. The summed E-state index contributed by atoms with van der Waals surface area (Å²) in [6.45, 7) is 0. The average molecular weight is 272 g/mol. The number of aromatic nitrogens is 2. The first-order chi connectivity index (χ1) is 7.97. The van der Waals surface area contributed by atoms with E-state index in [1.165, 1.54) is 16.8 Å². The molecule has 0 bridgehead atoms. The Labute approximate surface area is 104 Å². The number of rotatable bonds is 3. The zero-order valence-corrected chi connectivity index (χ0v) is 10.5. The highest BCUT2D eigenvalue weighted by atomic mass is 35.5. The van der Waals surface area contributed by atoms with Crippen molar-refractivity contribution in [1.82, 2.24) is 9.78 Å². The van der Waals surface area contributed by atoms with Crippen molar-refractivity contribution in [3.05, 3.63) is 41.6 Å². The van der Waals surface area contributed by atoms with E-state index >= 15 is 0 Å². The average Bonchev–Trinajstić information content (AvgIpc) is 2.63. The molecule has 7 heteroatoms. The molecule has 0 saturated carbocycles. The van der Waals surface area contributed by atoms with Gasteiger partial charge in [-0.05, 0) is 18.2 Å². The van der Waals surface area contributed by atoms with E-state index in [0.29, 0.717) is 5.02 Å². The summed E-state index contributed by atoms with van der Waals surface area (Å²) in [5, 5.41) is 4.31. The minimum Gasteiger partial charge on any atom is -0.274 e. The lowest BCUT2D eigenvalue weighted by atomic mass is 10.4. The summed E-state index contributed by atoms with van der Waals surface area (Å²) in [5.41, 5.74) is 0. The van der Waals surface area contributed by atoms with Crippen LogP contribution in [0.15, 0.2) is 41.4 Å². The van der Waals surface area contributed by atoms with Gasteiger partial charge in [0.2, 0.25) is 0 Å². The van der Waals surface area contributed by atoms with Gasteiger partial charge in [0, 0.05) is 24.3 Å². The molecule has 2 rings (SSSR count). The topological polar surface area (TPSA) is 64.0 Å². The highest BCUT2D eigenvalue weighted by molar-refractivity contribution is 7.92. The molecule has 90 valence electrons. The van der Waals surface area contributed by atoms with E-state index in [0.717, 1.165) is 0 Å². The van der Waals surface area contributed by atoms with Crippen molar-refractivity contribution in [3.8, 4) is 0 Å². The van der Waals surface area contributed by atoms with Gasteiger partial charge in [0.25, 0.3) is 10.0 Å². The first-order valence-electron chi connectivity index (χ1n) is 4.75. The molecule has 0 aliphatic heterocycles. The van der Waals surface area contributed by atoms with Crippen molar-refractivity contribution >= 4 is 27.4 Å². The lowest BCUT2D eigenvalue weighted by Gasteiger charge is -2.05. The minimum atomic E-state index is -3.63. The Hall–Kier alpha value is -1.53. The molecule has 5 nitrogen and oxygen atoms in total. The first kappa shape index (κ1) is 11.9. The van der Waals surface area contributed by atoms with Crippen molar-refractivity contribution in [2.45, 2.75) is 4.90 Å². The number of nitrogens with one attached hydrogen (secondary N) is 1. The summed E-state index contributed by atoms with van der Waals surface area (Å²) in [6, 6.07) is 7.61. The van der Waals surface area contributed by atoms with Gasteiger partial charge in [0.15, 0.2) is 5.82 Å². The minimum absolute atomic E-state index is 0.107. The smallest absolute Gasteiger partial charge is 0.263 e. The molecular weight excluding hydrogens is 262 g/mol. The van der Waals surface area contributed by atoms with Crippen LogP contribution < -0.4 is 4.72 Å². The third kappa shape index (κ3) is 2.78. The molecule has 0 aliphatic rings. The molecule has 1 N–H and O–H groups in total. The fourth-order valence-electron chi connectivity index (χ4n) is 1.30. The highest BCUT2D eigenvalue weighted by Gasteiger charge is 2.15. The fourth-order valence-corrected chi connectivity index (χ4v) is 2.60. The van der Waals surface area contributed by atoms with Gasteiger partial charge >= 0.3 is 0 Å². The SMILES string of the molecule is Cn1ccc(NS(=O)(=O)c2cccc(Cl)c2)n1. The second kappa shape index (κ2) is 4.38. The Kier molecular flexibility index (Phi) is 3.08. The highest BCUT2D eigenvalue weighted by Crippen LogP contribution is 2.17. The molecule has 0 radical (unpaired) electrons. The van der Waals surface area contributed by atoms with Crippen molar-refractivity contribution in [1.29, 1.82) is 0 Å². The number of halogens is 1. The standard InChI is InChI=1S/C10H10ClN3O2S/c1-14-6-5-10(12-14)13-17(15,16)9-4-2-3-8(11)7-9/h2-7H,1H3,(H,12,13). The van der Waals surface area contributed by atoms with Gasteiger partial charge in [-0.3, -0.25) is 9.40 Å². The zero-order valence-electron chi connectivity index (χ0n) is 8.96. The van der Waals surface area contributed by atoms with Gasteiger partial charge in [-0.15, -0.1) is 0 Å². The number of nitrogens with zero attached hydrogens (tertiary/aromatic N) is 2. The Bertz CT molecular complexity index is 637. The number of aryl methyl sites for hydroxylation is 1. The lowest BCUT2D eigenvalue weighted by Crippen LogP contribution is -2.13. The maximum atomic E-state index is 11.9. The Morgan fingerprint density at radius 2 is 2.12 bits per heavy atom. The molecule has 2 aromatic rings. The van der Waals surface area contributed by atoms with Crippen LogP contribution in [0.4, 0.5) is 5.82 Å². The summed E-state index contributed by atoms with van der Waals surface area (Å²) in [7, 11) is -1.93. The molecule has 1 heterocycles. The summed E-state index contributed by atoms with van der Waals surface area (Å²) in [6.07, 6.45) is 1.65. The first-order valence-corrected chi connectivity index (χ1v) is 6.61. The van der Waals surface area contributed by atoms with Crippen LogP contribution in [0.5, 0.6) is 0 Å². The van der Waals surface area contributed by atoms with Crippen molar-refractivity contribution < 1.29 is 8.42 Å². The second-order valence-corrected chi connectivity index (χ2v) is 5.56. The quantitative estimate of drug-likeness (QED) is 0.927. The molecular formula is C10H10ClN3O2S. The summed E-state index contributed by atoms with van der Waals surface area (Å²) in [4.78, 5) is 0.107. The van der Waals surface area contributed by atoms with Crippen LogP contribution in [0.2, 0.25) is 5.02 Å². The third-order valence-electron chi connectivity index (χ3n) is 2.06. The Morgan fingerprint density at radius 1 is 1.35 bits per heavy atom. The molecule has 1 aromatic carbocycles. The molecule has 0 saturated heterocycles. The second-order valence-electron chi connectivity index (χ2n) is 3.44. The van der Waals surface area contributed by atoms with Gasteiger partial charge in [0.05, 0.1) is 4.90 Å². The molecule has 1 aromatic heterocycles. The van der Waals surface area contributed by atoms with Crippen LogP contribution in [0, 0.1) is 0 Å². The molecule has 0 fully saturated rings. The number of benzene rings is 1. The van der Waals surface area contributed by atoms with Gasteiger partial charge in [-0.2, -0.15) is 5.10 Å². The van der Waals surface area contributed by atoms with E-state index in [2.05, 4.69) is 9.82 Å². The molecule has 0 unspecified atom stereocenters. The number of hydrogen-bond acceptors (Lipinski definition) is 3. The van der Waals surface area contributed by atoms with Crippen LogP contribution in [0.25, 0.3) is 0 Å². The van der Waals surface area contributed by atoms with Crippen molar-refractivity contribution in [2.75, 3.05) is 4.72 Å². The largest absolute Gasteiger partial charge is 0.274 e. The Balaban J connectivity index is 2.31. The predicted octanol–water partition coefficient (Wildman–Crippen LogP) is 1.87. The van der Waals surface area contributed by atoms with Gasteiger partial charge < -0.3 is 0 Å². The molecule has 0 amide bonds. The summed E-state index contributed by atoms with van der Waals surface area (Å²) < 4.78 is 27.8. The van der Waals surface area contributed by atoms with E-state index < -0.39 is 10.0 Å². The van der Waals surface area contributed by atoms with Crippen molar-refractivity contribution in [3.63, 3.8) is 0 Å². The van der Waals surface area contributed by atoms with E-state index in [4.69, 9.17) is 11.6 Å². The molecule has 0 atom stereocenters. The van der Waals surface area contributed by atoms with E-state index in [1.807, 2.05) is 0 Å². The zero-order chi connectivity index (χ0) is 12.5. The predicted molar refractivity (Wildman–Crippen MR) is 65.5 cm³/mol. The van der Waals surface area contributed by atoms with Crippen LogP contribution >= 0.6 is 11.6 Å². The number of hydrogen-bond donors (Lipinski definition) is 1. The fraction of sp³-hybridized carbons (Fsp3) is 0.100. The number of sulfonamides is 1. The maximum Gasteiger partial charge on any atom is 0.263 e. The summed E-state index contributed by atoms with van der Waals surface area (Å²) in [5.74, 6) is 0.271. The molecule has 0 spiro atoms. The van der Waals surface area contributed by atoms with E-state index in [-0.39, 0.29) is 10.7 Å². The van der Waals surface area contributed by atoms with Crippen LogP contribution in [-0.4, -0.2) is 18.2 Å². The van der Waals surface area contributed by atoms with Gasteiger partial charge in [-0.25, -0.2) is 8.42 Å². The van der Waals surface area contributed by atoms with E-state index in [9.17, 15) is 8.42 Å². The van der Waals surface area contributed by atoms with Crippen LogP contribution in [-0.2, 0) is 17.1 Å². The van der Waals surface area contributed by atoms with Gasteiger partial charge in [-0.1, -0.05) is 17.7 Å². The third-order valence-corrected chi connectivity index (χ3v) is 3.65. The normalized spacial score (nSPS) is 11.4. The monoisotopic (exact) mass is 271 g/mol. The summed E-state index contributed by atoms with van der Waals surface area (Å²) >= 11 is 5.75. The van der Waals surface area contributed by atoms with Crippen LogP contribution in [0.1, 0.15) is 0 Å². The van der Waals surface area contributed by atoms with Gasteiger partial charge in [0.1, 0.15) is 0 Å². The number of anilines is 1. The molecule has 17 heavy (non-hydrogen) atoms.